The normalized spacial score (nSPS) is 13.3. The molecule has 0 aliphatic carbocycles. The lowest BCUT2D eigenvalue weighted by Gasteiger charge is -2.16. The molecule has 4 heterocycles. The number of imidazole rings is 1. The molecule has 0 spiro atoms. The number of nitrogens with zero attached hydrogens (tertiary/aromatic N) is 4. The number of hydrogen-bond donors (Lipinski definition) is 2. The van der Waals surface area contributed by atoms with Crippen molar-refractivity contribution in [1.82, 2.24) is 19.9 Å². The van der Waals surface area contributed by atoms with E-state index in [1.165, 1.54) is 0 Å². The molecule has 27 heavy (non-hydrogen) atoms. The number of fused-ring (bicyclic) bond motifs is 1. The number of rotatable bonds is 4. The first kappa shape index (κ1) is 17.0. The van der Waals surface area contributed by atoms with Crippen LogP contribution in [0.2, 0.25) is 0 Å². The average molecular weight is 370 g/mol. The van der Waals surface area contributed by atoms with E-state index in [4.69, 9.17) is 9.05 Å². The first-order valence-corrected chi connectivity index (χ1v) is 8.60. The van der Waals surface area contributed by atoms with Crippen molar-refractivity contribution < 1.29 is 18.6 Å². The summed E-state index contributed by atoms with van der Waals surface area (Å²) in [5, 5.41) is 12.8. The quantitative estimate of drug-likeness (QED) is 0.721. The van der Waals surface area contributed by atoms with Gasteiger partial charge in [0.1, 0.15) is 11.5 Å². The van der Waals surface area contributed by atoms with Crippen LogP contribution in [0.4, 0.5) is 11.6 Å². The molecule has 3 aromatic heterocycles. The Kier molecular flexibility index (Phi) is 4.22. The standard InChI is InChI=1S/C17H18N6O4/c1-9-7-12(21-26-9)18-16(24)14-11-5-3-4-6-23(11)15(20-14)17(25)19-13-8-10(2)27-22-13/h7-8H,3-6H2,1-2H3,(H,18,21,24)(H,19,22,25). The number of carbonyl (C=O) groups excluding carboxylic acids is 2. The van der Waals surface area contributed by atoms with Crippen LogP contribution >= 0.6 is 0 Å². The second kappa shape index (κ2) is 6.71. The van der Waals surface area contributed by atoms with Crippen molar-refractivity contribution in [1.29, 1.82) is 0 Å². The maximum atomic E-state index is 12.7. The first-order valence-electron chi connectivity index (χ1n) is 8.60. The number of carbonyl (C=O) groups is 2. The number of nitrogens with one attached hydrogen (secondary N) is 2. The molecule has 1 aliphatic rings. The van der Waals surface area contributed by atoms with E-state index in [1.807, 2.05) is 0 Å². The van der Waals surface area contributed by atoms with Gasteiger partial charge < -0.3 is 24.2 Å². The van der Waals surface area contributed by atoms with E-state index in [0.29, 0.717) is 36.1 Å². The maximum absolute atomic E-state index is 12.7. The van der Waals surface area contributed by atoms with Gasteiger partial charge in [-0.15, -0.1) is 0 Å². The molecular formula is C17H18N6O4. The summed E-state index contributed by atoms with van der Waals surface area (Å²) in [7, 11) is 0. The highest BCUT2D eigenvalue weighted by atomic mass is 16.5. The number of anilines is 2. The zero-order valence-electron chi connectivity index (χ0n) is 14.9. The van der Waals surface area contributed by atoms with E-state index in [0.717, 1.165) is 18.5 Å². The molecular weight excluding hydrogens is 352 g/mol. The van der Waals surface area contributed by atoms with Gasteiger partial charge in [0.2, 0.25) is 0 Å². The molecule has 140 valence electrons. The van der Waals surface area contributed by atoms with Gasteiger partial charge in [-0.3, -0.25) is 9.59 Å². The SMILES string of the molecule is Cc1cc(NC(=O)c2nc(C(=O)Nc3cc(C)on3)n3c2CCCC3)no1. The number of aryl methyl sites for hydroxylation is 2. The largest absolute Gasteiger partial charge is 0.360 e. The highest BCUT2D eigenvalue weighted by molar-refractivity contribution is 6.06. The predicted molar refractivity (Wildman–Crippen MR) is 93.6 cm³/mol. The monoisotopic (exact) mass is 370 g/mol. The summed E-state index contributed by atoms with van der Waals surface area (Å²) < 4.78 is 11.7. The lowest BCUT2D eigenvalue weighted by Crippen LogP contribution is -2.21. The molecule has 0 saturated heterocycles. The Morgan fingerprint density at radius 1 is 1.00 bits per heavy atom. The van der Waals surface area contributed by atoms with Crippen LogP contribution in [0.5, 0.6) is 0 Å². The minimum atomic E-state index is -0.442. The van der Waals surface area contributed by atoms with Gasteiger partial charge in [-0.05, 0) is 33.1 Å². The molecule has 2 N–H and O–H groups in total. The lowest BCUT2D eigenvalue weighted by molar-refractivity contribution is 0.101. The average Bonchev–Trinajstić information content (AvgIpc) is 3.34. The minimum absolute atomic E-state index is 0.173. The van der Waals surface area contributed by atoms with Crippen molar-refractivity contribution in [3.8, 4) is 0 Å². The molecule has 3 aromatic rings. The molecule has 4 rings (SSSR count). The van der Waals surface area contributed by atoms with Crippen LogP contribution in [0.3, 0.4) is 0 Å². The molecule has 10 heteroatoms. The van der Waals surface area contributed by atoms with E-state index in [9.17, 15) is 9.59 Å². The highest BCUT2D eigenvalue weighted by Crippen LogP contribution is 2.23. The van der Waals surface area contributed by atoms with Crippen LogP contribution < -0.4 is 10.6 Å². The van der Waals surface area contributed by atoms with Crippen LogP contribution in [0.1, 0.15) is 51.2 Å². The lowest BCUT2D eigenvalue weighted by atomic mass is 10.1. The smallest absolute Gasteiger partial charge is 0.292 e. The molecule has 2 amide bonds. The van der Waals surface area contributed by atoms with Gasteiger partial charge in [0.15, 0.2) is 23.2 Å². The van der Waals surface area contributed by atoms with Crippen molar-refractivity contribution in [2.45, 2.75) is 39.7 Å². The van der Waals surface area contributed by atoms with Gasteiger partial charge in [-0.1, -0.05) is 10.3 Å². The molecule has 0 bridgehead atoms. The molecule has 0 saturated carbocycles. The van der Waals surface area contributed by atoms with E-state index < -0.39 is 11.8 Å². The fraction of sp³-hybridized carbons (Fsp3) is 0.353. The van der Waals surface area contributed by atoms with Gasteiger partial charge in [0.05, 0.1) is 5.69 Å². The molecule has 0 radical (unpaired) electrons. The second-order valence-electron chi connectivity index (χ2n) is 6.39. The van der Waals surface area contributed by atoms with Crippen molar-refractivity contribution in [3.05, 3.63) is 40.9 Å². The maximum Gasteiger partial charge on any atom is 0.292 e. The van der Waals surface area contributed by atoms with Gasteiger partial charge in [-0.2, -0.15) is 0 Å². The van der Waals surface area contributed by atoms with Crippen molar-refractivity contribution >= 4 is 23.5 Å². The molecule has 1 aliphatic heterocycles. The number of aromatic nitrogens is 4. The summed E-state index contributed by atoms with van der Waals surface area (Å²) >= 11 is 0. The van der Waals surface area contributed by atoms with Gasteiger partial charge in [-0.25, -0.2) is 4.98 Å². The fourth-order valence-electron chi connectivity index (χ4n) is 3.10. The first-order chi connectivity index (χ1) is 13.0. The third-order valence-corrected chi connectivity index (χ3v) is 4.28. The third kappa shape index (κ3) is 3.33. The van der Waals surface area contributed by atoms with E-state index in [-0.39, 0.29) is 11.5 Å². The van der Waals surface area contributed by atoms with E-state index in [1.54, 1.807) is 30.5 Å². The summed E-state index contributed by atoms with van der Waals surface area (Å²) in [4.78, 5) is 29.6. The Balaban J connectivity index is 1.62. The molecule has 0 unspecified atom stereocenters. The van der Waals surface area contributed by atoms with Gasteiger partial charge in [0, 0.05) is 18.7 Å². The zero-order chi connectivity index (χ0) is 19.0. The van der Waals surface area contributed by atoms with Crippen molar-refractivity contribution in [3.63, 3.8) is 0 Å². The third-order valence-electron chi connectivity index (χ3n) is 4.28. The predicted octanol–water partition coefficient (Wildman–Crippen LogP) is 2.32. The van der Waals surface area contributed by atoms with Gasteiger partial charge >= 0.3 is 0 Å². The van der Waals surface area contributed by atoms with E-state index >= 15 is 0 Å². The van der Waals surface area contributed by atoms with E-state index in [2.05, 4.69) is 25.9 Å². The molecule has 10 nitrogen and oxygen atoms in total. The summed E-state index contributed by atoms with van der Waals surface area (Å²) in [6, 6.07) is 3.22. The molecule has 0 aromatic carbocycles. The van der Waals surface area contributed by atoms with Crippen LogP contribution in [0.15, 0.2) is 21.2 Å². The summed E-state index contributed by atoms with van der Waals surface area (Å²) in [6.07, 6.45) is 2.51. The van der Waals surface area contributed by atoms with Crippen LogP contribution in [-0.2, 0) is 13.0 Å². The zero-order valence-corrected chi connectivity index (χ0v) is 14.9. The summed E-state index contributed by atoms with van der Waals surface area (Å²) in [5.41, 5.74) is 0.956. The van der Waals surface area contributed by atoms with Crippen LogP contribution in [0.25, 0.3) is 0 Å². The van der Waals surface area contributed by atoms with Crippen molar-refractivity contribution in [2.75, 3.05) is 10.6 Å². The summed E-state index contributed by atoms with van der Waals surface area (Å²) in [6.45, 7) is 4.09. The fourth-order valence-corrected chi connectivity index (χ4v) is 3.10. The Morgan fingerprint density at radius 3 is 2.22 bits per heavy atom. The molecule has 0 atom stereocenters. The van der Waals surface area contributed by atoms with Crippen molar-refractivity contribution in [2.24, 2.45) is 0 Å². The number of amides is 2. The second-order valence-corrected chi connectivity index (χ2v) is 6.39. The molecule has 0 fully saturated rings. The Hall–Kier alpha value is -3.43. The highest BCUT2D eigenvalue weighted by Gasteiger charge is 2.28. The van der Waals surface area contributed by atoms with Gasteiger partial charge in [0.25, 0.3) is 11.8 Å². The number of hydrogen-bond acceptors (Lipinski definition) is 7. The minimum Gasteiger partial charge on any atom is -0.360 e. The Bertz CT molecular complexity index is 936. The Labute approximate surface area is 153 Å². The summed E-state index contributed by atoms with van der Waals surface area (Å²) in [5.74, 6) is 1.08. The van der Waals surface area contributed by atoms with Crippen LogP contribution in [-0.4, -0.2) is 31.7 Å². The van der Waals surface area contributed by atoms with Crippen LogP contribution in [0, 0.1) is 13.8 Å². The Morgan fingerprint density at radius 2 is 1.63 bits per heavy atom. The topological polar surface area (TPSA) is 128 Å².